The van der Waals surface area contributed by atoms with E-state index in [4.69, 9.17) is 0 Å². The molecule has 1 aromatic carbocycles. The van der Waals surface area contributed by atoms with E-state index in [1.165, 1.54) is 17.5 Å². The van der Waals surface area contributed by atoms with Crippen LogP contribution in [0.5, 0.6) is 0 Å². The maximum absolute atomic E-state index is 12.5. The minimum atomic E-state index is 0.129. The molecule has 3 rings (SSSR count). The molecule has 3 heteroatoms. The third-order valence-electron chi connectivity index (χ3n) is 4.52. The molecular weight excluding hydrogens is 248 g/mol. The van der Waals surface area contributed by atoms with Gasteiger partial charge in [0.2, 0.25) is 0 Å². The SMILES string of the molecule is Cc1ccc([C@@H]2[C@@H](C)CCCN2C(=O)NC2CC2)cc1. The maximum atomic E-state index is 12.5. The molecule has 0 radical (unpaired) electrons. The highest BCUT2D eigenvalue weighted by molar-refractivity contribution is 5.75. The van der Waals surface area contributed by atoms with Gasteiger partial charge in [0.25, 0.3) is 0 Å². The Hall–Kier alpha value is -1.51. The highest BCUT2D eigenvalue weighted by Crippen LogP contribution is 2.36. The number of hydrogen-bond donors (Lipinski definition) is 1. The Kier molecular flexibility index (Phi) is 3.68. The van der Waals surface area contributed by atoms with Gasteiger partial charge in [-0.25, -0.2) is 4.79 Å². The normalized spacial score (nSPS) is 26.4. The molecule has 0 unspecified atom stereocenters. The highest BCUT2D eigenvalue weighted by atomic mass is 16.2. The van der Waals surface area contributed by atoms with Gasteiger partial charge in [0.05, 0.1) is 6.04 Å². The van der Waals surface area contributed by atoms with Crippen molar-refractivity contribution in [1.29, 1.82) is 0 Å². The van der Waals surface area contributed by atoms with Crippen molar-refractivity contribution in [3.05, 3.63) is 35.4 Å². The lowest BCUT2D eigenvalue weighted by atomic mass is 9.86. The van der Waals surface area contributed by atoms with Gasteiger partial charge in [-0.15, -0.1) is 0 Å². The van der Waals surface area contributed by atoms with Gasteiger partial charge in [-0.05, 0) is 44.1 Å². The van der Waals surface area contributed by atoms with Crippen molar-refractivity contribution in [3.63, 3.8) is 0 Å². The van der Waals surface area contributed by atoms with Gasteiger partial charge in [0.15, 0.2) is 0 Å². The fourth-order valence-electron chi connectivity index (χ4n) is 3.17. The number of amides is 2. The van der Waals surface area contributed by atoms with Crippen molar-refractivity contribution in [1.82, 2.24) is 10.2 Å². The Bertz CT molecular complexity index is 478. The number of likely N-dealkylation sites (tertiary alicyclic amines) is 1. The molecule has 108 valence electrons. The molecule has 1 heterocycles. The number of nitrogens with one attached hydrogen (secondary N) is 1. The molecule has 1 saturated heterocycles. The van der Waals surface area contributed by atoms with Crippen LogP contribution >= 0.6 is 0 Å². The number of carbonyl (C=O) groups excluding carboxylic acids is 1. The quantitative estimate of drug-likeness (QED) is 0.876. The number of piperidine rings is 1. The maximum Gasteiger partial charge on any atom is 0.318 e. The Morgan fingerprint density at radius 1 is 1.20 bits per heavy atom. The van der Waals surface area contributed by atoms with Crippen LogP contribution in [0.1, 0.15) is 49.8 Å². The number of rotatable bonds is 2. The van der Waals surface area contributed by atoms with Gasteiger partial charge >= 0.3 is 6.03 Å². The first-order valence-corrected chi connectivity index (χ1v) is 7.79. The van der Waals surface area contributed by atoms with Crippen LogP contribution in [0.3, 0.4) is 0 Å². The van der Waals surface area contributed by atoms with Crippen LogP contribution in [0.25, 0.3) is 0 Å². The van der Waals surface area contributed by atoms with Gasteiger partial charge in [-0.2, -0.15) is 0 Å². The highest BCUT2D eigenvalue weighted by Gasteiger charge is 2.35. The molecule has 0 bridgehead atoms. The monoisotopic (exact) mass is 272 g/mol. The number of benzene rings is 1. The molecular formula is C17H24N2O. The lowest BCUT2D eigenvalue weighted by molar-refractivity contribution is 0.119. The average molecular weight is 272 g/mol. The topological polar surface area (TPSA) is 32.3 Å². The number of urea groups is 1. The second kappa shape index (κ2) is 5.47. The molecule has 3 nitrogen and oxygen atoms in total. The largest absolute Gasteiger partial charge is 0.335 e. The predicted molar refractivity (Wildman–Crippen MR) is 80.6 cm³/mol. The number of carbonyl (C=O) groups is 1. The van der Waals surface area contributed by atoms with Gasteiger partial charge in [0.1, 0.15) is 0 Å². The van der Waals surface area contributed by atoms with E-state index in [1.54, 1.807) is 0 Å². The van der Waals surface area contributed by atoms with Crippen LogP contribution in [0.4, 0.5) is 4.79 Å². The molecule has 1 aliphatic heterocycles. The minimum absolute atomic E-state index is 0.129. The van der Waals surface area contributed by atoms with Gasteiger partial charge in [-0.3, -0.25) is 0 Å². The van der Waals surface area contributed by atoms with E-state index >= 15 is 0 Å². The second-order valence-electron chi connectivity index (χ2n) is 6.39. The fraction of sp³-hybridized carbons (Fsp3) is 0.588. The first kappa shape index (κ1) is 13.5. The number of nitrogens with zero attached hydrogens (tertiary/aromatic N) is 1. The molecule has 0 aromatic heterocycles. The summed E-state index contributed by atoms with van der Waals surface area (Å²) in [6.45, 7) is 5.24. The van der Waals surface area contributed by atoms with Crippen molar-refractivity contribution in [2.75, 3.05) is 6.54 Å². The zero-order valence-corrected chi connectivity index (χ0v) is 12.4. The molecule has 20 heavy (non-hydrogen) atoms. The molecule has 1 N–H and O–H groups in total. The van der Waals surface area contributed by atoms with Crippen LogP contribution in [0.15, 0.2) is 24.3 Å². The van der Waals surface area contributed by atoms with Crippen molar-refractivity contribution in [3.8, 4) is 0 Å². The summed E-state index contributed by atoms with van der Waals surface area (Å²) in [6.07, 6.45) is 4.60. The van der Waals surface area contributed by atoms with Crippen molar-refractivity contribution < 1.29 is 4.79 Å². The van der Waals surface area contributed by atoms with E-state index in [-0.39, 0.29) is 12.1 Å². The van der Waals surface area contributed by atoms with Crippen molar-refractivity contribution in [2.45, 2.75) is 51.6 Å². The minimum Gasteiger partial charge on any atom is -0.335 e. The van der Waals surface area contributed by atoms with Crippen molar-refractivity contribution in [2.24, 2.45) is 5.92 Å². The van der Waals surface area contributed by atoms with Crippen LogP contribution in [-0.4, -0.2) is 23.5 Å². The lowest BCUT2D eigenvalue weighted by Gasteiger charge is -2.40. The first-order chi connectivity index (χ1) is 9.65. The molecule has 1 aromatic rings. The Labute approximate surface area is 121 Å². The summed E-state index contributed by atoms with van der Waals surface area (Å²) in [5.74, 6) is 0.524. The summed E-state index contributed by atoms with van der Waals surface area (Å²) < 4.78 is 0. The van der Waals surface area contributed by atoms with Crippen LogP contribution in [-0.2, 0) is 0 Å². The number of hydrogen-bond acceptors (Lipinski definition) is 1. The van der Waals surface area contributed by atoms with E-state index in [0.29, 0.717) is 12.0 Å². The van der Waals surface area contributed by atoms with E-state index in [0.717, 1.165) is 25.8 Å². The molecule has 0 spiro atoms. The summed E-state index contributed by atoms with van der Waals surface area (Å²) in [7, 11) is 0. The zero-order valence-electron chi connectivity index (χ0n) is 12.4. The summed E-state index contributed by atoms with van der Waals surface area (Å²) in [5.41, 5.74) is 2.54. The first-order valence-electron chi connectivity index (χ1n) is 7.79. The van der Waals surface area contributed by atoms with Crippen LogP contribution < -0.4 is 5.32 Å². The summed E-state index contributed by atoms with van der Waals surface area (Å²) in [4.78, 5) is 14.5. The summed E-state index contributed by atoms with van der Waals surface area (Å²) in [5, 5.41) is 3.14. The van der Waals surface area contributed by atoms with Gasteiger partial charge in [-0.1, -0.05) is 36.8 Å². The van der Waals surface area contributed by atoms with Crippen LogP contribution in [0, 0.1) is 12.8 Å². The summed E-state index contributed by atoms with van der Waals surface area (Å²) in [6, 6.07) is 9.44. The smallest absolute Gasteiger partial charge is 0.318 e. The average Bonchev–Trinajstić information content (AvgIpc) is 3.23. The fourth-order valence-corrected chi connectivity index (χ4v) is 3.17. The molecule has 1 aliphatic carbocycles. The molecule has 1 saturated carbocycles. The van der Waals surface area contributed by atoms with E-state index in [1.807, 2.05) is 0 Å². The summed E-state index contributed by atoms with van der Waals surface area (Å²) >= 11 is 0. The standard InChI is InChI=1S/C17H24N2O/c1-12-5-7-14(8-6-12)16-13(2)4-3-11-19(16)17(20)18-15-9-10-15/h5-8,13,15-16H,3-4,9-11H2,1-2H3,(H,18,20)/t13-,16-/m0/s1. The Morgan fingerprint density at radius 2 is 1.90 bits per heavy atom. The van der Waals surface area contributed by atoms with E-state index in [2.05, 4.69) is 48.3 Å². The Balaban J connectivity index is 1.81. The Morgan fingerprint density at radius 3 is 2.55 bits per heavy atom. The molecule has 2 atom stereocenters. The van der Waals surface area contributed by atoms with Gasteiger partial charge in [0, 0.05) is 12.6 Å². The van der Waals surface area contributed by atoms with E-state index < -0.39 is 0 Å². The molecule has 2 aliphatic rings. The third-order valence-corrected chi connectivity index (χ3v) is 4.52. The van der Waals surface area contributed by atoms with Crippen molar-refractivity contribution >= 4 is 6.03 Å². The molecule has 2 fully saturated rings. The second-order valence-corrected chi connectivity index (χ2v) is 6.39. The van der Waals surface area contributed by atoms with E-state index in [9.17, 15) is 4.79 Å². The van der Waals surface area contributed by atoms with Gasteiger partial charge < -0.3 is 10.2 Å². The van der Waals surface area contributed by atoms with Crippen LogP contribution in [0.2, 0.25) is 0 Å². The number of aryl methyl sites for hydroxylation is 1. The predicted octanol–water partition coefficient (Wildman–Crippen LogP) is 3.64. The molecule has 2 amide bonds. The lowest BCUT2D eigenvalue weighted by Crippen LogP contribution is -2.47. The third kappa shape index (κ3) is 2.82. The zero-order chi connectivity index (χ0) is 14.1.